The summed E-state index contributed by atoms with van der Waals surface area (Å²) in [5.41, 5.74) is -0.244. The van der Waals surface area contributed by atoms with Gasteiger partial charge in [-0.1, -0.05) is 0 Å². The number of carboxylic acid groups (broad SMARTS) is 1. The van der Waals surface area contributed by atoms with E-state index in [-0.39, 0.29) is 17.4 Å². The molecule has 0 aromatic heterocycles. The Bertz CT molecular complexity index is 1080. The van der Waals surface area contributed by atoms with Crippen LogP contribution >= 0.6 is 0 Å². The molecule has 13 heteroatoms. The number of aliphatic carboxylic acids is 1. The van der Waals surface area contributed by atoms with E-state index < -0.39 is 22.2 Å². The number of alkyl halides is 3. The first-order chi connectivity index (χ1) is 16.9. The average Bonchev–Trinajstić information content (AvgIpc) is 3.48. The Hall–Kier alpha value is -2.38. The molecule has 0 unspecified atom stereocenters. The second-order valence-electron chi connectivity index (χ2n) is 9.90. The quantitative estimate of drug-likeness (QED) is 0.594. The molecule has 1 amide bonds. The summed E-state index contributed by atoms with van der Waals surface area (Å²) >= 11 is 0. The predicted molar refractivity (Wildman–Crippen MR) is 122 cm³/mol. The highest BCUT2D eigenvalue weighted by molar-refractivity contribution is 7.89. The van der Waals surface area contributed by atoms with Crippen LogP contribution in [0.25, 0.3) is 0 Å². The number of hydrogen-bond donors (Lipinski definition) is 2. The zero-order valence-electron chi connectivity index (χ0n) is 19.8. The van der Waals surface area contributed by atoms with E-state index >= 15 is 0 Å². The summed E-state index contributed by atoms with van der Waals surface area (Å²) < 4.78 is 64.5. The number of likely N-dealkylation sites (tertiary alicyclic amines) is 1. The summed E-state index contributed by atoms with van der Waals surface area (Å²) in [6.45, 7) is 3.84. The number of carboxylic acids is 1. The predicted octanol–water partition coefficient (Wildman–Crippen LogP) is 1.94. The van der Waals surface area contributed by atoms with Gasteiger partial charge in [0.2, 0.25) is 15.9 Å². The number of methoxy groups -OCH3 is 1. The molecule has 1 spiro atoms. The number of benzene rings is 1. The minimum Gasteiger partial charge on any atom is -0.497 e. The van der Waals surface area contributed by atoms with Crippen LogP contribution in [0.15, 0.2) is 29.2 Å². The zero-order chi connectivity index (χ0) is 26.3. The van der Waals surface area contributed by atoms with Crippen LogP contribution in [0, 0.1) is 17.8 Å². The van der Waals surface area contributed by atoms with Crippen LogP contribution in [0.2, 0.25) is 0 Å². The summed E-state index contributed by atoms with van der Waals surface area (Å²) in [5.74, 6) is -0.757. The molecule has 2 N–H and O–H groups in total. The van der Waals surface area contributed by atoms with Gasteiger partial charge in [-0.15, -0.1) is 0 Å². The minimum absolute atomic E-state index is 0.0681. The lowest BCUT2D eigenvalue weighted by atomic mass is 9.76. The molecule has 4 fully saturated rings. The van der Waals surface area contributed by atoms with E-state index in [2.05, 4.69) is 10.2 Å². The Labute approximate surface area is 207 Å². The van der Waals surface area contributed by atoms with Crippen molar-refractivity contribution in [1.29, 1.82) is 0 Å². The second kappa shape index (κ2) is 9.82. The van der Waals surface area contributed by atoms with Crippen molar-refractivity contribution < 1.29 is 41.0 Å². The van der Waals surface area contributed by atoms with Crippen LogP contribution in [-0.4, -0.2) is 86.2 Å². The van der Waals surface area contributed by atoms with Gasteiger partial charge in [0.1, 0.15) is 5.75 Å². The molecule has 3 aliphatic heterocycles. The van der Waals surface area contributed by atoms with Crippen molar-refractivity contribution in [3.8, 4) is 5.75 Å². The van der Waals surface area contributed by atoms with Crippen molar-refractivity contribution in [2.24, 2.45) is 17.8 Å². The van der Waals surface area contributed by atoms with Crippen LogP contribution in [0.1, 0.15) is 25.7 Å². The highest BCUT2D eigenvalue weighted by atomic mass is 32.2. The van der Waals surface area contributed by atoms with E-state index in [1.165, 1.54) is 12.8 Å². The standard InChI is InChI=1S/C21H29N3O4S.C2HF3O2/c1-28-16-4-6-17(7-5-16)29(26,27)24-10-8-21(9-11-24)19-14-23(12-15-2-3-15)13-18(19)20(25)22-21;3-2(4,5)1(6)7/h4-7,15,18-19H,2-3,8-14H2,1H3,(H,22,25);(H,6,7)/t18-,19+;/m1./s1. The number of piperidine rings is 1. The van der Waals surface area contributed by atoms with Crippen LogP contribution in [0.4, 0.5) is 13.2 Å². The highest BCUT2D eigenvalue weighted by Crippen LogP contribution is 2.45. The van der Waals surface area contributed by atoms with Gasteiger partial charge in [0.05, 0.1) is 17.9 Å². The second-order valence-corrected chi connectivity index (χ2v) is 11.8. The fourth-order valence-electron chi connectivity index (χ4n) is 5.47. The normalized spacial score (nSPS) is 26.2. The zero-order valence-corrected chi connectivity index (χ0v) is 20.6. The lowest BCUT2D eigenvalue weighted by molar-refractivity contribution is -0.192. The molecule has 1 saturated carbocycles. The van der Waals surface area contributed by atoms with Gasteiger partial charge in [-0.25, -0.2) is 13.2 Å². The molecule has 5 rings (SSSR count). The number of fused-ring (bicyclic) bond motifs is 2. The molecule has 2 atom stereocenters. The monoisotopic (exact) mass is 533 g/mol. The molecule has 4 aliphatic rings. The van der Waals surface area contributed by atoms with E-state index in [4.69, 9.17) is 14.6 Å². The molecule has 3 saturated heterocycles. The van der Waals surface area contributed by atoms with Gasteiger partial charge < -0.3 is 20.1 Å². The number of sulfonamides is 1. The van der Waals surface area contributed by atoms with Gasteiger partial charge in [0.15, 0.2) is 0 Å². The molecular weight excluding hydrogens is 503 g/mol. The lowest BCUT2D eigenvalue weighted by Gasteiger charge is -2.42. The summed E-state index contributed by atoms with van der Waals surface area (Å²) in [7, 11) is -1.97. The Kier molecular flexibility index (Phi) is 7.28. The van der Waals surface area contributed by atoms with Crippen molar-refractivity contribution in [3.05, 3.63) is 24.3 Å². The van der Waals surface area contributed by atoms with E-state index in [1.54, 1.807) is 35.7 Å². The third-order valence-corrected chi connectivity index (χ3v) is 9.49. The highest BCUT2D eigenvalue weighted by Gasteiger charge is 2.58. The third-order valence-electron chi connectivity index (χ3n) is 7.58. The number of ether oxygens (including phenoxy) is 1. The number of nitrogens with one attached hydrogen (secondary N) is 1. The van der Waals surface area contributed by atoms with Crippen LogP contribution in [0.5, 0.6) is 5.75 Å². The third kappa shape index (κ3) is 5.47. The molecule has 1 aliphatic carbocycles. The van der Waals surface area contributed by atoms with E-state index in [1.807, 2.05) is 0 Å². The van der Waals surface area contributed by atoms with Gasteiger partial charge >= 0.3 is 12.1 Å². The first kappa shape index (κ1) is 26.7. The number of rotatable bonds is 5. The molecule has 9 nitrogen and oxygen atoms in total. The largest absolute Gasteiger partial charge is 0.497 e. The molecule has 0 radical (unpaired) electrons. The molecule has 3 heterocycles. The number of nitrogens with zero attached hydrogens (tertiary/aromatic N) is 2. The van der Waals surface area contributed by atoms with E-state index in [0.29, 0.717) is 42.5 Å². The molecule has 200 valence electrons. The topological polar surface area (TPSA) is 116 Å². The summed E-state index contributed by atoms with van der Waals surface area (Å²) in [4.78, 5) is 24.3. The summed E-state index contributed by atoms with van der Waals surface area (Å²) in [6, 6.07) is 6.54. The van der Waals surface area contributed by atoms with Gasteiger partial charge in [-0.05, 0) is 55.9 Å². The average molecular weight is 534 g/mol. The summed E-state index contributed by atoms with van der Waals surface area (Å²) in [6.07, 6.45) is -1.07. The van der Waals surface area contributed by atoms with Crippen LogP contribution in [-0.2, 0) is 19.6 Å². The molecular formula is C23H30F3N3O6S. The number of carbonyl (C=O) groups is 2. The van der Waals surface area contributed by atoms with Crippen molar-refractivity contribution >= 4 is 21.9 Å². The molecule has 1 aromatic carbocycles. The van der Waals surface area contributed by atoms with Gasteiger partial charge in [0, 0.05) is 44.2 Å². The minimum atomic E-state index is -5.08. The van der Waals surface area contributed by atoms with Gasteiger partial charge in [0.25, 0.3) is 0 Å². The lowest BCUT2D eigenvalue weighted by Crippen LogP contribution is -2.56. The van der Waals surface area contributed by atoms with Crippen LogP contribution < -0.4 is 10.1 Å². The van der Waals surface area contributed by atoms with E-state index in [9.17, 15) is 26.4 Å². The molecule has 1 aromatic rings. The maximum absolute atomic E-state index is 13.1. The van der Waals surface area contributed by atoms with Crippen molar-refractivity contribution in [3.63, 3.8) is 0 Å². The van der Waals surface area contributed by atoms with E-state index in [0.717, 1.165) is 25.6 Å². The maximum Gasteiger partial charge on any atom is 0.490 e. The Balaban J connectivity index is 0.000000384. The van der Waals surface area contributed by atoms with Gasteiger partial charge in [-0.3, -0.25) is 4.79 Å². The molecule has 0 bridgehead atoms. The van der Waals surface area contributed by atoms with Crippen molar-refractivity contribution in [2.75, 3.05) is 39.8 Å². The number of amides is 1. The Morgan fingerprint density at radius 2 is 1.75 bits per heavy atom. The first-order valence-corrected chi connectivity index (χ1v) is 13.3. The Morgan fingerprint density at radius 1 is 1.17 bits per heavy atom. The maximum atomic E-state index is 13.1. The van der Waals surface area contributed by atoms with Crippen molar-refractivity contribution in [1.82, 2.24) is 14.5 Å². The first-order valence-electron chi connectivity index (χ1n) is 11.8. The molecule has 36 heavy (non-hydrogen) atoms. The fraction of sp³-hybridized carbons (Fsp3) is 0.652. The Morgan fingerprint density at radius 3 is 2.25 bits per heavy atom. The number of hydrogen-bond acceptors (Lipinski definition) is 6. The SMILES string of the molecule is COc1ccc(S(=O)(=O)N2CCC3(CC2)NC(=O)[C@@H]2CN(CC4CC4)C[C@@H]23)cc1.O=C(O)C(F)(F)F. The summed E-state index contributed by atoms with van der Waals surface area (Å²) in [5, 5.41) is 10.4. The van der Waals surface area contributed by atoms with Crippen LogP contribution in [0.3, 0.4) is 0 Å². The number of carbonyl (C=O) groups excluding carboxylic acids is 1. The van der Waals surface area contributed by atoms with Crippen molar-refractivity contribution in [2.45, 2.75) is 42.3 Å². The smallest absolute Gasteiger partial charge is 0.490 e. The fourth-order valence-corrected chi connectivity index (χ4v) is 6.92. The van der Waals surface area contributed by atoms with Gasteiger partial charge in [-0.2, -0.15) is 17.5 Å². The number of halogens is 3.